The molecule has 3 atom stereocenters. The number of benzene rings is 2. The van der Waals surface area contributed by atoms with E-state index >= 15 is 0 Å². The number of para-hydroxylation sites is 1. The van der Waals surface area contributed by atoms with Crippen molar-refractivity contribution in [1.82, 2.24) is 0 Å². The monoisotopic (exact) mass is 401 g/mol. The van der Waals surface area contributed by atoms with Gasteiger partial charge < -0.3 is 14.8 Å². The summed E-state index contributed by atoms with van der Waals surface area (Å²) in [5.41, 5.74) is 3.65. The zero-order valence-electron chi connectivity index (χ0n) is 14.0. The van der Waals surface area contributed by atoms with Crippen molar-refractivity contribution in [3.05, 3.63) is 63.6 Å². The molecule has 0 spiro atoms. The van der Waals surface area contributed by atoms with E-state index < -0.39 is 0 Å². The van der Waals surface area contributed by atoms with Crippen molar-refractivity contribution in [1.29, 1.82) is 0 Å². The number of fused-ring (bicyclic) bond motifs is 3. The summed E-state index contributed by atoms with van der Waals surface area (Å²) in [5.74, 6) is 0.00930. The third-order valence-electron chi connectivity index (χ3n) is 5.11. The Bertz CT molecular complexity index is 807. The van der Waals surface area contributed by atoms with Crippen LogP contribution < -0.4 is 5.32 Å². The summed E-state index contributed by atoms with van der Waals surface area (Å²) in [4.78, 5) is 12.2. The molecule has 0 saturated carbocycles. The molecular weight excluding hydrogens is 382 g/mol. The van der Waals surface area contributed by atoms with Crippen LogP contribution in [0.1, 0.15) is 46.5 Å². The molecule has 4 nitrogen and oxygen atoms in total. The van der Waals surface area contributed by atoms with Crippen LogP contribution in [0.15, 0.2) is 46.9 Å². The molecule has 2 heterocycles. The van der Waals surface area contributed by atoms with E-state index in [0.29, 0.717) is 11.5 Å². The number of esters is 1. The summed E-state index contributed by atoms with van der Waals surface area (Å²) < 4.78 is 12.2. The molecule has 0 bridgehead atoms. The maximum atomic E-state index is 12.2. The van der Waals surface area contributed by atoms with Crippen LogP contribution >= 0.6 is 15.9 Å². The summed E-state index contributed by atoms with van der Waals surface area (Å²) in [6.45, 7) is 0.758. The predicted molar refractivity (Wildman–Crippen MR) is 99.7 cm³/mol. The van der Waals surface area contributed by atoms with E-state index in [4.69, 9.17) is 9.47 Å². The van der Waals surface area contributed by atoms with Crippen LogP contribution in [0.2, 0.25) is 0 Å². The van der Waals surface area contributed by atoms with Crippen LogP contribution in [-0.4, -0.2) is 19.7 Å². The number of halogens is 1. The zero-order valence-corrected chi connectivity index (χ0v) is 15.6. The van der Waals surface area contributed by atoms with Crippen LogP contribution in [0.25, 0.3) is 0 Å². The number of methoxy groups -OCH3 is 1. The summed E-state index contributed by atoms with van der Waals surface area (Å²) in [5, 5.41) is 3.62. The molecule has 0 aliphatic carbocycles. The Morgan fingerprint density at radius 3 is 2.92 bits per heavy atom. The number of hydrogen-bond acceptors (Lipinski definition) is 4. The van der Waals surface area contributed by atoms with Crippen molar-refractivity contribution in [2.24, 2.45) is 5.92 Å². The molecule has 130 valence electrons. The number of anilines is 1. The molecule has 25 heavy (non-hydrogen) atoms. The average Bonchev–Trinajstić information content (AvgIpc) is 2.66. The van der Waals surface area contributed by atoms with Crippen molar-refractivity contribution in [3.63, 3.8) is 0 Å². The van der Waals surface area contributed by atoms with E-state index in [1.54, 1.807) is 6.07 Å². The molecule has 1 saturated heterocycles. The lowest BCUT2D eigenvalue weighted by atomic mass is 9.77. The van der Waals surface area contributed by atoms with E-state index in [-0.39, 0.29) is 18.1 Å². The van der Waals surface area contributed by atoms with Crippen molar-refractivity contribution < 1.29 is 14.3 Å². The first-order valence-corrected chi connectivity index (χ1v) is 9.33. The van der Waals surface area contributed by atoms with E-state index in [9.17, 15) is 4.79 Å². The number of rotatable bonds is 2. The average molecular weight is 402 g/mol. The molecule has 0 unspecified atom stereocenters. The Morgan fingerprint density at radius 1 is 1.28 bits per heavy atom. The summed E-state index contributed by atoms with van der Waals surface area (Å²) in [6.07, 6.45) is 2.15. The fraction of sp³-hybridized carbons (Fsp3) is 0.350. The normalized spacial score (nSPS) is 24.6. The smallest absolute Gasteiger partial charge is 0.339 e. The molecule has 0 radical (unpaired) electrons. The molecule has 0 amide bonds. The van der Waals surface area contributed by atoms with Gasteiger partial charge in [-0.15, -0.1) is 0 Å². The van der Waals surface area contributed by atoms with Crippen molar-refractivity contribution >= 4 is 27.6 Å². The number of hydrogen-bond donors (Lipinski definition) is 1. The SMILES string of the molecule is COC(=O)c1cccc2c1N[C@@H](c1cccc(Br)c1)[C@H]1CCCO[C@@H]21. The highest BCUT2D eigenvalue weighted by atomic mass is 79.9. The minimum Gasteiger partial charge on any atom is -0.465 e. The van der Waals surface area contributed by atoms with Gasteiger partial charge in [0.25, 0.3) is 0 Å². The highest BCUT2D eigenvalue weighted by Gasteiger charge is 2.41. The lowest BCUT2D eigenvalue weighted by molar-refractivity contribution is -0.0382. The lowest BCUT2D eigenvalue weighted by Gasteiger charge is -2.43. The maximum absolute atomic E-state index is 12.2. The van der Waals surface area contributed by atoms with Crippen molar-refractivity contribution in [2.45, 2.75) is 25.0 Å². The largest absolute Gasteiger partial charge is 0.465 e. The molecule has 5 heteroatoms. The number of nitrogens with one attached hydrogen (secondary N) is 1. The van der Waals surface area contributed by atoms with E-state index in [1.165, 1.54) is 12.7 Å². The van der Waals surface area contributed by atoms with Gasteiger partial charge in [-0.25, -0.2) is 4.79 Å². The van der Waals surface area contributed by atoms with Gasteiger partial charge in [-0.05, 0) is 36.6 Å². The molecule has 2 aliphatic rings. The summed E-state index contributed by atoms with van der Waals surface area (Å²) in [6, 6.07) is 14.2. The van der Waals surface area contributed by atoms with Gasteiger partial charge in [0.05, 0.1) is 30.5 Å². The first-order chi connectivity index (χ1) is 12.2. The van der Waals surface area contributed by atoms with Crippen LogP contribution in [0, 0.1) is 5.92 Å². The Labute approximate surface area is 155 Å². The summed E-state index contributed by atoms with van der Waals surface area (Å²) >= 11 is 3.56. The van der Waals surface area contributed by atoms with E-state index in [1.807, 2.05) is 18.2 Å². The van der Waals surface area contributed by atoms with Gasteiger partial charge in [-0.1, -0.05) is 40.2 Å². The van der Waals surface area contributed by atoms with Crippen molar-refractivity contribution in [2.75, 3.05) is 19.0 Å². The quantitative estimate of drug-likeness (QED) is 0.729. The highest BCUT2D eigenvalue weighted by molar-refractivity contribution is 9.10. The molecular formula is C20H20BrNO3. The predicted octanol–water partition coefficient (Wildman–Crippen LogP) is 4.87. The van der Waals surface area contributed by atoms with E-state index in [0.717, 1.165) is 35.2 Å². The topological polar surface area (TPSA) is 47.6 Å². The van der Waals surface area contributed by atoms with Gasteiger partial charge in [0.1, 0.15) is 0 Å². The Hall–Kier alpha value is -1.85. The number of carbonyl (C=O) groups is 1. The van der Waals surface area contributed by atoms with Crippen LogP contribution in [0.3, 0.4) is 0 Å². The van der Waals surface area contributed by atoms with Crippen LogP contribution in [-0.2, 0) is 9.47 Å². The lowest BCUT2D eigenvalue weighted by Crippen LogP contribution is -2.36. The highest BCUT2D eigenvalue weighted by Crippen LogP contribution is 2.50. The van der Waals surface area contributed by atoms with Gasteiger partial charge in [0.15, 0.2) is 0 Å². The minimum absolute atomic E-state index is 0.00131. The van der Waals surface area contributed by atoms with Crippen LogP contribution in [0.4, 0.5) is 5.69 Å². The minimum atomic E-state index is -0.327. The van der Waals surface area contributed by atoms with Gasteiger partial charge in [0, 0.05) is 22.6 Å². The second-order valence-electron chi connectivity index (χ2n) is 6.54. The fourth-order valence-corrected chi connectivity index (χ4v) is 4.42. The van der Waals surface area contributed by atoms with Gasteiger partial charge in [-0.3, -0.25) is 0 Å². The van der Waals surface area contributed by atoms with Crippen LogP contribution in [0.5, 0.6) is 0 Å². The first-order valence-electron chi connectivity index (χ1n) is 8.54. The van der Waals surface area contributed by atoms with Crippen molar-refractivity contribution in [3.8, 4) is 0 Å². The molecule has 4 rings (SSSR count). The van der Waals surface area contributed by atoms with Gasteiger partial charge in [0.2, 0.25) is 0 Å². The fourth-order valence-electron chi connectivity index (χ4n) is 4.01. The van der Waals surface area contributed by atoms with E-state index in [2.05, 4.69) is 39.4 Å². The zero-order chi connectivity index (χ0) is 17.4. The third-order valence-corrected chi connectivity index (χ3v) is 5.61. The number of ether oxygens (including phenoxy) is 2. The second-order valence-corrected chi connectivity index (χ2v) is 7.45. The molecule has 2 aliphatic heterocycles. The maximum Gasteiger partial charge on any atom is 0.339 e. The molecule has 1 fully saturated rings. The number of carbonyl (C=O) groups excluding carboxylic acids is 1. The Morgan fingerprint density at radius 2 is 2.12 bits per heavy atom. The molecule has 1 N–H and O–H groups in total. The van der Waals surface area contributed by atoms with Gasteiger partial charge >= 0.3 is 5.97 Å². The molecule has 2 aromatic carbocycles. The Balaban J connectivity index is 1.83. The molecule has 0 aromatic heterocycles. The third kappa shape index (κ3) is 2.96. The first kappa shape index (κ1) is 16.6. The second kappa shape index (κ2) is 6.81. The molecule has 2 aromatic rings. The summed E-state index contributed by atoms with van der Waals surface area (Å²) in [7, 11) is 1.41. The van der Waals surface area contributed by atoms with Gasteiger partial charge in [-0.2, -0.15) is 0 Å². The Kier molecular flexibility index (Phi) is 4.52. The standard InChI is InChI=1S/C20H20BrNO3/c1-24-20(23)16-8-3-7-15-18(16)22-17(12-5-2-6-13(21)11-12)14-9-4-10-25-19(14)15/h2-3,5-8,11,14,17,19,22H,4,9-10H2,1H3/t14-,17+,19-/m1/s1.